The van der Waals surface area contributed by atoms with Crippen LogP contribution < -0.4 is 0 Å². The van der Waals surface area contributed by atoms with Crippen molar-refractivity contribution in [3.05, 3.63) is 47.8 Å². The van der Waals surface area contributed by atoms with E-state index in [2.05, 4.69) is 56.9 Å². The number of benzene rings is 1. The van der Waals surface area contributed by atoms with Crippen LogP contribution in [-0.2, 0) is 17.8 Å². The number of aromatic nitrogens is 3. The standard InChI is InChI=1S/C24H25N3OS2/c1-14(2)12-29-23-21-20(25-13-26-23)18-16-10-24(3,4)28-11-17(16)19(27-22(18)30-21)15-8-6-5-7-9-15/h5-9,13-14H,10-12H2,1-4H3. The molecule has 5 rings (SSSR count). The molecule has 0 N–H and O–H groups in total. The lowest BCUT2D eigenvalue weighted by atomic mass is 9.88. The quantitative estimate of drug-likeness (QED) is 0.270. The molecule has 0 spiro atoms. The first kappa shape index (κ1) is 19.9. The molecule has 0 saturated carbocycles. The van der Waals surface area contributed by atoms with E-state index in [0.717, 1.165) is 43.5 Å². The second kappa shape index (κ2) is 7.59. The predicted molar refractivity (Wildman–Crippen MR) is 126 cm³/mol. The van der Waals surface area contributed by atoms with Crippen LogP contribution in [0.25, 0.3) is 31.7 Å². The molecule has 1 aliphatic rings. The summed E-state index contributed by atoms with van der Waals surface area (Å²) < 4.78 is 7.36. The van der Waals surface area contributed by atoms with Gasteiger partial charge in [0.2, 0.25) is 0 Å². The Morgan fingerprint density at radius 1 is 1.13 bits per heavy atom. The highest BCUT2D eigenvalue weighted by Crippen LogP contribution is 2.44. The van der Waals surface area contributed by atoms with Crippen molar-refractivity contribution in [2.24, 2.45) is 5.92 Å². The third kappa shape index (κ3) is 3.51. The molecule has 0 atom stereocenters. The van der Waals surface area contributed by atoms with Crippen molar-refractivity contribution >= 4 is 43.5 Å². The van der Waals surface area contributed by atoms with Crippen molar-refractivity contribution < 1.29 is 4.74 Å². The normalized spacial score (nSPS) is 15.8. The Bertz CT molecular complexity index is 1230. The second-order valence-electron chi connectivity index (χ2n) is 8.85. The average molecular weight is 436 g/mol. The molecule has 0 fully saturated rings. The zero-order valence-corrected chi connectivity index (χ0v) is 19.4. The predicted octanol–water partition coefficient (Wildman–Crippen LogP) is 6.51. The number of ether oxygens (including phenoxy) is 1. The van der Waals surface area contributed by atoms with E-state index >= 15 is 0 Å². The summed E-state index contributed by atoms with van der Waals surface area (Å²) in [7, 11) is 0. The number of hydrogen-bond donors (Lipinski definition) is 0. The highest BCUT2D eigenvalue weighted by atomic mass is 32.2. The lowest BCUT2D eigenvalue weighted by Gasteiger charge is -2.33. The Morgan fingerprint density at radius 2 is 1.93 bits per heavy atom. The summed E-state index contributed by atoms with van der Waals surface area (Å²) in [4.78, 5) is 15.5. The van der Waals surface area contributed by atoms with Gasteiger partial charge in [0.1, 0.15) is 16.2 Å². The maximum atomic E-state index is 6.21. The first-order valence-corrected chi connectivity index (χ1v) is 12.1. The molecule has 154 valence electrons. The molecule has 0 radical (unpaired) electrons. The average Bonchev–Trinajstić information content (AvgIpc) is 3.11. The minimum absolute atomic E-state index is 0.203. The SMILES string of the molecule is CC(C)CSc1ncnc2c1sc1nc(-c3ccccc3)c3c(c12)CC(C)(C)OC3. The van der Waals surface area contributed by atoms with E-state index in [0.29, 0.717) is 12.5 Å². The summed E-state index contributed by atoms with van der Waals surface area (Å²) in [5, 5.41) is 2.26. The Kier molecular flexibility index (Phi) is 5.04. The number of thiophene rings is 1. The fourth-order valence-electron chi connectivity index (χ4n) is 3.97. The fourth-order valence-corrected chi connectivity index (χ4v) is 6.15. The summed E-state index contributed by atoms with van der Waals surface area (Å²) in [6.45, 7) is 9.38. The lowest BCUT2D eigenvalue weighted by molar-refractivity contribution is -0.0394. The van der Waals surface area contributed by atoms with Crippen molar-refractivity contribution in [1.82, 2.24) is 15.0 Å². The summed E-state index contributed by atoms with van der Waals surface area (Å²) >= 11 is 3.54. The zero-order valence-electron chi connectivity index (χ0n) is 17.7. The first-order valence-electron chi connectivity index (χ1n) is 10.3. The van der Waals surface area contributed by atoms with Crippen LogP contribution in [0, 0.1) is 5.92 Å². The number of nitrogens with zero attached hydrogens (tertiary/aromatic N) is 3. The maximum Gasteiger partial charge on any atom is 0.127 e. The number of hydrogen-bond acceptors (Lipinski definition) is 6. The van der Waals surface area contributed by atoms with Crippen molar-refractivity contribution in [3.63, 3.8) is 0 Å². The van der Waals surface area contributed by atoms with Crippen LogP contribution in [0.2, 0.25) is 0 Å². The zero-order chi connectivity index (χ0) is 20.9. The van der Waals surface area contributed by atoms with Crippen LogP contribution in [-0.4, -0.2) is 26.3 Å². The molecule has 4 aromatic rings. The molecule has 1 aliphatic heterocycles. The highest BCUT2D eigenvalue weighted by molar-refractivity contribution is 7.99. The largest absolute Gasteiger partial charge is 0.370 e. The fraction of sp³-hybridized carbons (Fsp3) is 0.375. The van der Waals surface area contributed by atoms with E-state index in [4.69, 9.17) is 14.7 Å². The molecule has 0 aliphatic carbocycles. The van der Waals surface area contributed by atoms with E-state index in [1.54, 1.807) is 17.7 Å². The van der Waals surface area contributed by atoms with Crippen LogP contribution in [0.15, 0.2) is 41.7 Å². The smallest absolute Gasteiger partial charge is 0.127 e. The number of rotatable bonds is 4. The van der Waals surface area contributed by atoms with E-state index in [1.807, 2.05) is 17.8 Å². The van der Waals surface area contributed by atoms with Crippen LogP contribution in [0.5, 0.6) is 0 Å². The van der Waals surface area contributed by atoms with Crippen LogP contribution in [0.3, 0.4) is 0 Å². The molecule has 4 nitrogen and oxygen atoms in total. The van der Waals surface area contributed by atoms with Crippen molar-refractivity contribution in [3.8, 4) is 11.3 Å². The van der Waals surface area contributed by atoms with Gasteiger partial charge in [0.05, 0.1) is 28.1 Å². The minimum Gasteiger partial charge on any atom is -0.370 e. The van der Waals surface area contributed by atoms with Crippen LogP contribution >= 0.6 is 23.1 Å². The summed E-state index contributed by atoms with van der Waals surface area (Å²) in [5.41, 5.74) is 5.53. The van der Waals surface area contributed by atoms with Gasteiger partial charge >= 0.3 is 0 Å². The summed E-state index contributed by atoms with van der Waals surface area (Å²) in [6, 6.07) is 10.4. The van der Waals surface area contributed by atoms with Crippen LogP contribution in [0.4, 0.5) is 0 Å². The van der Waals surface area contributed by atoms with E-state index in [1.165, 1.54) is 16.5 Å². The van der Waals surface area contributed by atoms with Gasteiger partial charge in [-0.2, -0.15) is 0 Å². The van der Waals surface area contributed by atoms with Gasteiger partial charge in [-0.25, -0.2) is 15.0 Å². The van der Waals surface area contributed by atoms with Gasteiger partial charge in [0.25, 0.3) is 0 Å². The molecule has 6 heteroatoms. The molecule has 0 amide bonds. The number of thioether (sulfide) groups is 1. The van der Waals surface area contributed by atoms with E-state index in [-0.39, 0.29) is 5.60 Å². The van der Waals surface area contributed by atoms with Crippen molar-refractivity contribution in [2.45, 2.75) is 51.3 Å². The van der Waals surface area contributed by atoms with Gasteiger partial charge in [0.15, 0.2) is 0 Å². The Balaban J connectivity index is 1.79. The molecular weight excluding hydrogens is 410 g/mol. The van der Waals surface area contributed by atoms with Crippen molar-refractivity contribution in [2.75, 3.05) is 5.75 Å². The minimum atomic E-state index is -0.203. The number of fused-ring (bicyclic) bond motifs is 5. The Morgan fingerprint density at radius 3 is 2.70 bits per heavy atom. The Hall–Kier alpha value is -2.02. The first-order chi connectivity index (χ1) is 14.4. The lowest BCUT2D eigenvalue weighted by Crippen LogP contribution is -2.32. The third-order valence-electron chi connectivity index (χ3n) is 5.40. The molecular formula is C24H25N3OS2. The van der Waals surface area contributed by atoms with Crippen molar-refractivity contribution in [1.29, 1.82) is 0 Å². The molecule has 3 aromatic heterocycles. The molecule has 4 heterocycles. The maximum absolute atomic E-state index is 6.21. The summed E-state index contributed by atoms with van der Waals surface area (Å²) in [6.07, 6.45) is 2.56. The van der Waals surface area contributed by atoms with E-state index < -0.39 is 0 Å². The van der Waals surface area contributed by atoms with Crippen LogP contribution in [0.1, 0.15) is 38.8 Å². The number of pyridine rings is 1. The second-order valence-corrected chi connectivity index (χ2v) is 10.9. The monoisotopic (exact) mass is 435 g/mol. The molecule has 1 aromatic carbocycles. The van der Waals surface area contributed by atoms with Gasteiger partial charge in [-0.05, 0) is 25.3 Å². The molecule has 0 saturated heterocycles. The van der Waals surface area contributed by atoms with E-state index in [9.17, 15) is 0 Å². The van der Waals surface area contributed by atoms with Gasteiger partial charge in [-0.1, -0.05) is 44.2 Å². The molecule has 0 bridgehead atoms. The van der Waals surface area contributed by atoms with Gasteiger partial charge in [0, 0.05) is 28.7 Å². The molecule has 30 heavy (non-hydrogen) atoms. The van der Waals surface area contributed by atoms with Gasteiger partial charge in [-0.3, -0.25) is 0 Å². The highest BCUT2D eigenvalue weighted by Gasteiger charge is 2.32. The topological polar surface area (TPSA) is 47.9 Å². The molecule has 0 unspecified atom stereocenters. The third-order valence-corrected chi connectivity index (χ3v) is 8.02. The van der Waals surface area contributed by atoms with Gasteiger partial charge in [-0.15, -0.1) is 23.1 Å². The van der Waals surface area contributed by atoms with Gasteiger partial charge < -0.3 is 4.74 Å². The summed E-state index contributed by atoms with van der Waals surface area (Å²) in [5.74, 6) is 1.66. The Labute approximate surface area is 185 Å².